The summed E-state index contributed by atoms with van der Waals surface area (Å²) < 4.78 is 0.956. The highest BCUT2D eigenvalue weighted by Crippen LogP contribution is 2.31. The number of carbonyl (C=O) groups excluding carboxylic acids is 3. The number of anilines is 1. The van der Waals surface area contributed by atoms with Crippen LogP contribution in [0.1, 0.15) is 39.6 Å². The summed E-state index contributed by atoms with van der Waals surface area (Å²) in [6.07, 6.45) is 0.753. The fourth-order valence-corrected chi connectivity index (χ4v) is 4.25. The molecule has 30 heavy (non-hydrogen) atoms. The Labute approximate surface area is 174 Å². The summed E-state index contributed by atoms with van der Waals surface area (Å²) in [4.78, 5) is 53.0. The molecule has 1 aromatic heterocycles. The molecule has 0 fully saturated rings. The molecule has 0 saturated carbocycles. The number of aryl methyl sites for hydroxylation is 1. The van der Waals surface area contributed by atoms with E-state index in [4.69, 9.17) is 0 Å². The van der Waals surface area contributed by atoms with Gasteiger partial charge in [0.15, 0.2) is 5.13 Å². The van der Waals surface area contributed by atoms with E-state index in [0.717, 1.165) is 21.5 Å². The largest absolute Gasteiger partial charge is 0.302 e. The molecule has 3 amide bonds. The number of fused-ring (bicyclic) bond motifs is 2. The van der Waals surface area contributed by atoms with E-state index < -0.39 is 28.3 Å². The number of rotatable bonds is 6. The van der Waals surface area contributed by atoms with Gasteiger partial charge >= 0.3 is 0 Å². The first-order valence-corrected chi connectivity index (χ1v) is 10.0. The number of carbonyl (C=O) groups is 3. The number of hydrogen-bond donors (Lipinski definition) is 1. The molecule has 2 aromatic carbocycles. The number of nitrogens with zero attached hydrogens (tertiary/aromatic N) is 3. The van der Waals surface area contributed by atoms with Crippen molar-refractivity contribution in [2.24, 2.45) is 0 Å². The number of nitro benzene ring substituents is 1. The van der Waals surface area contributed by atoms with E-state index in [1.54, 1.807) is 0 Å². The first-order chi connectivity index (χ1) is 14.4. The second-order valence-corrected chi connectivity index (χ2v) is 7.72. The zero-order valence-corrected chi connectivity index (χ0v) is 16.7. The van der Waals surface area contributed by atoms with Crippen LogP contribution in [0.5, 0.6) is 0 Å². The Morgan fingerprint density at radius 3 is 2.77 bits per heavy atom. The van der Waals surface area contributed by atoms with E-state index in [2.05, 4.69) is 17.2 Å². The zero-order chi connectivity index (χ0) is 21.4. The second-order valence-electron chi connectivity index (χ2n) is 6.69. The highest BCUT2D eigenvalue weighted by molar-refractivity contribution is 7.22. The van der Waals surface area contributed by atoms with Crippen LogP contribution in [0.3, 0.4) is 0 Å². The summed E-state index contributed by atoms with van der Waals surface area (Å²) in [6, 6.07) is 9.80. The number of nitrogens with one attached hydrogen (secondary N) is 1. The predicted molar refractivity (Wildman–Crippen MR) is 111 cm³/mol. The van der Waals surface area contributed by atoms with Crippen molar-refractivity contribution in [3.05, 3.63) is 63.2 Å². The maximum atomic E-state index is 12.5. The lowest BCUT2D eigenvalue weighted by Crippen LogP contribution is -2.33. The van der Waals surface area contributed by atoms with Gasteiger partial charge in [-0.1, -0.05) is 30.4 Å². The van der Waals surface area contributed by atoms with Crippen LogP contribution in [0.15, 0.2) is 36.4 Å². The SMILES string of the molecule is CCc1ccc2nc(NC(=O)CCN3C(=O)c4cccc([N+](=O)[O-])c4C3=O)sc2c1. The molecule has 1 aliphatic rings. The third-order valence-electron chi connectivity index (χ3n) is 4.84. The predicted octanol–water partition coefficient (Wildman–Crippen LogP) is 3.39. The first kappa shape index (κ1) is 19.6. The number of imide groups is 1. The van der Waals surface area contributed by atoms with Gasteiger partial charge in [0.2, 0.25) is 5.91 Å². The highest BCUT2D eigenvalue weighted by Gasteiger charge is 2.40. The summed E-state index contributed by atoms with van der Waals surface area (Å²) in [5, 5.41) is 14.3. The van der Waals surface area contributed by atoms with Gasteiger partial charge in [0.05, 0.1) is 20.7 Å². The smallest absolute Gasteiger partial charge is 0.282 e. The molecule has 0 unspecified atom stereocenters. The van der Waals surface area contributed by atoms with Crippen molar-refractivity contribution in [1.29, 1.82) is 0 Å². The molecule has 0 radical (unpaired) electrons. The van der Waals surface area contributed by atoms with Crippen LogP contribution >= 0.6 is 11.3 Å². The molecule has 3 aromatic rings. The molecule has 0 atom stereocenters. The number of thiazole rings is 1. The number of aromatic nitrogens is 1. The topological polar surface area (TPSA) is 123 Å². The second kappa shape index (κ2) is 7.64. The van der Waals surface area contributed by atoms with E-state index in [9.17, 15) is 24.5 Å². The van der Waals surface area contributed by atoms with Gasteiger partial charge in [-0.05, 0) is 30.2 Å². The molecule has 2 heterocycles. The van der Waals surface area contributed by atoms with Crippen LogP contribution in [0.4, 0.5) is 10.8 Å². The van der Waals surface area contributed by atoms with Crippen molar-refractivity contribution < 1.29 is 19.3 Å². The molecular weight excluding hydrogens is 408 g/mol. The Morgan fingerprint density at radius 2 is 2.03 bits per heavy atom. The summed E-state index contributed by atoms with van der Waals surface area (Å²) in [5.74, 6) is -1.81. The van der Waals surface area contributed by atoms with Gasteiger partial charge in [0.25, 0.3) is 17.5 Å². The van der Waals surface area contributed by atoms with Crippen molar-refractivity contribution >= 4 is 50.1 Å². The van der Waals surface area contributed by atoms with Crippen molar-refractivity contribution in [3.63, 3.8) is 0 Å². The number of amides is 3. The summed E-state index contributed by atoms with van der Waals surface area (Å²) >= 11 is 1.34. The van der Waals surface area contributed by atoms with E-state index in [0.29, 0.717) is 5.13 Å². The zero-order valence-electron chi connectivity index (χ0n) is 15.9. The van der Waals surface area contributed by atoms with Crippen LogP contribution in [-0.4, -0.2) is 39.1 Å². The molecule has 0 bridgehead atoms. The molecule has 10 heteroatoms. The third kappa shape index (κ3) is 3.41. The van der Waals surface area contributed by atoms with Crippen LogP contribution in [-0.2, 0) is 11.2 Å². The maximum absolute atomic E-state index is 12.5. The summed E-state index contributed by atoms with van der Waals surface area (Å²) in [7, 11) is 0. The monoisotopic (exact) mass is 424 g/mol. The Kier molecular flexibility index (Phi) is 5.00. The Bertz CT molecular complexity index is 1220. The van der Waals surface area contributed by atoms with E-state index in [-0.39, 0.29) is 24.1 Å². The van der Waals surface area contributed by atoms with Crippen molar-refractivity contribution in [1.82, 2.24) is 9.88 Å². The average Bonchev–Trinajstić information content (AvgIpc) is 3.23. The standard InChI is InChI=1S/C20H16N4O5S/c1-2-11-6-7-13-15(10-11)30-20(21-13)22-16(25)8-9-23-18(26)12-4-3-5-14(24(28)29)17(12)19(23)27/h3-7,10H,2,8-9H2,1H3,(H,21,22,25). The van der Waals surface area contributed by atoms with Gasteiger partial charge in [-0.15, -0.1) is 0 Å². The van der Waals surface area contributed by atoms with Gasteiger partial charge in [-0.3, -0.25) is 29.4 Å². The Morgan fingerprint density at radius 1 is 1.23 bits per heavy atom. The number of benzene rings is 2. The molecule has 1 N–H and O–H groups in total. The van der Waals surface area contributed by atoms with Gasteiger partial charge in [0.1, 0.15) is 5.56 Å². The fraction of sp³-hybridized carbons (Fsp3) is 0.200. The highest BCUT2D eigenvalue weighted by atomic mass is 32.1. The Hall–Kier alpha value is -3.66. The minimum atomic E-state index is -0.762. The lowest BCUT2D eigenvalue weighted by atomic mass is 10.1. The summed E-state index contributed by atoms with van der Waals surface area (Å²) in [6.45, 7) is 1.87. The minimum absolute atomic E-state index is 0.0208. The molecular formula is C20H16N4O5S. The maximum Gasteiger partial charge on any atom is 0.282 e. The van der Waals surface area contributed by atoms with Crippen LogP contribution < -0.4 is 5.32 Å². The normalized spacial score (nSPS) is 13.0. The van der Waals surface area contributed by atoms with Gasteiger partial charge in [-0.25, -0.2) is 4.98 Å². The van der Waals surface area contributed by atoms with Crippen LogP contribution in [0.2, 0.25) is 0 Å². The molecule has 0 saturated heterocycles. The fourth-order valence-electron chi connectivity index (χ4n) is 3.31. The summed E-state index contributed by atoms with van der Waals surface area (Å²) in [5.41, 5.74) is 1.28. The van der Waals surface area contributed by atoms with E-state index in [1.165, 1.54) is 35.1 Å². The lowest BCUT2D eigenvalue weighted by molar-refractivity contribution is -0.385. The molecule has 9 nitrogen and oxygen atoms in total. The molecule has 0 aliphatic carbocycles. The number of nitro groups is 1. The average molecular weight is 424 g/mol. The van der Waals surface area contributed by atoms with Crippen molar-refractivity contribution in [2.45, 2.75) is 19.8 Å². The molecule has 152 valence electrons. The lowest BCUT2D eigenvalue weighted by Gasteiger charge is -2.12. The van der Waals surface area contributed by atoms with E-state index >= 15 is 0 Å². The molecule has 4 rings (SSSR count). The van der Waals surface area contributed by atoms with Crippen LogP contribution in [0, 0.1) is 10.1 Å². The van der Waals surface area contributed by atoms with Gasteiger partial charge < -0.3 is 5.32 Å². The molecule has 0 spiro atoms. The number of hydrogen-bond acceptors (Lipinski definition) is 7. The van der Waals surface area contributed by atoms with Crippen molar-refractivity contribution in [3.8, 4) is 0 Å². The van der Waals surface area contributed by atoms with Gasteiger partial charge in [-0.2, -0.15) is 0 Å². The Balaban J connectivity index is 1.44. The van der Waals surface area contributed by atoms with Crippen LogP contribution in [0.25, 0.3) is 10.2 Å². The quantitative estimate of drug-likeness (QED) is 0.368. The first-order valence-electron chi connectivity index (χ1n) is 9.22. The van der Waals surface area contributed by atoms with Crippen molar-refractivity contribution in [2.75, 3.05) is 11.9 Å². The van der Waals surface area contributed by atoms with E-state index in [1.807, 2.05) is 18.2 Å². The minimum Gasteiger partial charge on any atom is -0.302 e. The van der Waals surface area contributed by atoms with Gasteiger partial charge in [0, 0.05) is 19.0 Å². The third-order valence-corrected chi connectivity index (χ3v) is 5.78. The molecule has 1 aliphatic heterocycles.